The second-order valence-electron chi connectivity index (χ2n) is 6.68. The summed E-state index contributed by atoms with van der Waals surface area (Å²) in [5, 5.41) is 20.6. The number of aliphatic hydroxyl groups is 2. The molecule has 0 aromatic rings. The highest BCUT2D eigenvalue weighted by Crippen LogP contribution is 2.25. The van der Waals surface area contributed by atoms with Crippen LogP contribution in [-0.4, -0.2) is 95.2 Å². The van der Waals surface area contributed by atoms with Gasteiger partial charge < -0.3 is 30.1 Å². The number of esters is 1. The Kier molecular flexibility index (Phi) is 7.55. The zero-order chi connectivity index (χ0) is 20.0. The van der Waals surface area contributed by atoms with Gasteiger partial charge in [-0.05, 0) is 25.7 Å². The lowest BCUT2D eigenvalue weighted by Crippen LogP contribution is -2.55. The van der Waals surface area contributed by atoms with Gasteiger partial charge in [-0.3, -0.25) is 14.4 Å². The van der Waals surface area contributed by atoms with Gasteiger partial charge in [-0.2, -0.15) is 0 Å². The molecule has 2 fully saturated rings. The summed E-state index contributed by atoms with van der Waals surface area (Å²) < 4.78 is 4.53. The highest BCUT2D eigenvalue weighted by Gasteiger charge is 2.42. The molecular formula is C17H27N3O7. The fourth-order valence-electron chi connectivity index (χ4n) is 3.64. The molecule has 3 amide bonds. The average Bonchev–Trinajstić information content (AvgIpc) is 3.34. The van der Waals surface area contributed by atoms with Crippen LogP contribution < -0.4 is 5.32 Å². The van der Waals surface area contributed by atoms with Gasteiger partial charge in [-0.1, -0.05) is 0 Å². The van der Waals surface area contributed by atoms with Crippen LogP contribution in [0.4, 0.5) is 0 Å². The number of likely N-dealkylation sites (tertiary alicyclic amines) is 2. The number of ether oxygens (including phenoxy) is 1. The second-order valence-corrected chi connectivity index (χ2v) is 6.68. The number of methoxy groups -OCH3 is 1. The first kappa shape index (κ1) is 21.1. The number of nitrogens with one attached hydrogen (secondary N) is 1. The second kappa shape index (κ2) is 9.65. The van der Waals surface area contributed by atoms with Gasteiger partial charge in [0.15, 0.2) is 6.04 Å². The van der Waals surface area contributed by atoms with Gasteiger partial charge in [0.2, 0.25) is 17.7 Å². The molecule has 0 aliphatic carbocycles. The molecule has 3 N–H and O–H groups in total. The van der Waals surface area contributed by atoms with Crippen molar-refractivity contribution in [1.29, 1.82) is 0 Å². The number of carbonyl (C=O) groups excluding carboxylic acids is 4. The van der Waals surface area contributed by atoms with Gasteiger partial charge in [0.05, 0.1) is 20.3 Å². The van der Waals surface area contributed by atoms with E-state index in [2.05, 4.69) is 10.1 Å². The van der Waals surface area contributed by atoms with E-state index in [9.17, 15) is 24.3 Å². The highest BCUT2D eigenvalue weighted by molar-refractivity contribution is 5.94. The van der Waals surface area contributed by atoms with Crippen molar-refractivity contribution < 1.29 is 34.1 Å². The van der Waals surface area contributed by atoms with Crippen LogP contribution in [0.15, 0.2) is 0 Å². The predicted octanol–water partition coefficient (Wildman–Crippen LogP) is -2.00. The maximum Gasteiger partial charge on any atom is 0.330 e. The average molecular weight is 385 g/mol. The number of aliphatic hydroxyl groups excluding tert-OH is 2. The fraction of sp³-hybridized carbons (Fsp3) is 0.765. The van der Waals surface area contributed by atoms with Crippen molar-refractivity contribution in [3.8, 4) is 0 Å². The summed E-state index contributed by atoms with van der Waals surface area (Å²) in [5.74, 6) is -1.87. The first-order chi connectivity index (χ1) is 12.9. The van der Waals surface area contributed by atoms with Crippen LogP contribution in [0.25, 0.3) is 0 Å². The molecule has 0 bridgehead atoms. The van der Waals surface area contributed by atoms with E-state index in [1.165, 1.54) is 9.80 Å². The smallest absolute Gasteiger partial charge is 0.330 e. The number of hydrogen-bond acceptors (Lipinski definition) is 7. The Bertz CT molecular complexity index is 583. The summed E-state index contributed by atoms with van der Waals surface area (Å²) in [5.41, 5.74) is 0. The van der Waals surface area contributed by atoms with Crippen LogP contribution in [0.1, 0.15) is 32.1 Å². The molecule has 10 heteroatoms. The van der Waals surface area contributed by atoms with Crippen molar-refractivity contribution in [1.82, 2.24) is 15.1 Å². The summed E-state index contributed by atoms with van der Waals surface area (Å²) in [6.45, 7) is -0.0431. The molecule has 0 aromatic heterocycles. The Labute approximate surface area is 157 Å². The lowest BCUT2D eigenvalue weighted by molar-refractivity contribution is -0.149. The lowest BCUT2D eigenvalue weighted by atomic mass is 10.1. The molecule has 2 aliphatic rings. The van der Waals surface area contributed by atoms with E-state index in [0.717, 1.165) is 7.11 Å². The molecule has 0 radical (unpaired) electrons. The molecular weight excluding hydrogens is 358 g/mol. The monoisotopic (exact) mass is 385 g/mol. The molecule has 2 heterocycles. The maximum atomic E-state index is 13.0. The Morgan fingerprint density at radius 3 is 2.30 bits per heavy atom. The quantitative estimate of drug-likeness (QED) is 0.431. The fourth-order valence-corrected chi connectivity index (χ4v) is 3.64. The third-order valence-corrected chi connectivity index (χ3v) is 5.01. The number of hydrogen-bond donors (Lipinski definition) is 3. The maximum absolute atomic E-state index is 13.0. The third-order valence-electron chi connectivity index (χ3n) is 5.01. The van der Waals surface area contributed by atoms with Crippen molar-refractivity contribution in [3.05, 3.63) is 0 Å². The molecule has 0 saturated carbocycles. The van der Waals surface area contributed by atoms with Crippen LogP contribution in [0.3, 0.4) is 0 Å². The van der Waals surface area contributed by atoms with E-state index in [1.807, 2.05) is 0 Å². The van der Waals surface area contributed by atoms with Crippen LogP contribution in [0, 0.1) is 0 Å². The van der Waals surface area contributed by atoms with E-state index < -0.39 is 36.6 Å². The summed E-state index contributed by atoms with van der Waals surface area (Å²) in [7, 11) is 1.15. The molecule has 2 aliphatic heterocycles. The third kappa shape index (κ3) is 4.75. The number of amides is 3. The van der Waals surface area contributed by atoms with Gasteiger partial charge in [0.25, 0.3) is 0 Å². The Morgan fingerprint density at radius 2 is 1.70 bits per heavy atom. The summed E-state index contributed by atoms with van der Waals surface area (Å²) >= 11 is 0. The Hall–Kier alpha value is -2.20. The molecule has 2 saturated heterocycles. The molecule has 0 spiro atoms. The van der Waals surface area contributed by atoms with Crippen molar-refractivity contribution in [2.75, 3.05) is 33.4 Å². The van der Waals surface area contributed by atoms with Crippen molar-refractivity contribution in [2.24, 2.45) is 0 Å². The highest BCUT2D eigenvalue weighted by atomic mass is 16.5. The van der Waals surface area contributed by atoms with Crippen LogP contribution in [0.5, 0.6) is 0 Å². The lowest BCUT2D eigenvalue weighted by Gasteiger charge is -2.31. The van der Waals surface area contributed by atoms with Gasteiger partial charge in [0.1, 0.15) is 12.1 Å². The molecule has 0 unspecified atom stereocenters. The minimum Gasteiger partial charge on any atom is -0.467 e. The van der Waals surface area contributed by atoms with Crippen molar-refractivity contribution in [2.45, 2.75) is 50.2 Å². The number of carbonyl (C=O) groups is 4. The molecule has 3 atom stereocenters. The zero-order valence-corrected chi connectivity index (χ0v) is 15.4. The van der Waals surface area contributed by atoms with Gasteiger partial charge in [-0.25, -0.2) is 4.79 Å². The van der Waals surface area contributed by atoms with Crippen LogP contribution >= 0.6 is 0 Å². The van der Waals surface area contributed by atoms with E-state index >= 15 is 0 Å². The zero-order valence-electron chi connectivity index (χ0n) is 15.4. The minimum atomic E-state index is -1.19. The molecule has 10 nitrogen and oxygen atoms in total. The largest absolute Gasteiger partial charge is 0.467 e. The summed E-state index contributed by atoms with van der Waals surface area (Å²) in [6.07, 6.45) is 2.23. The molecule has 152 valence electrons. The number of rotatable bonds is 7. The molecule has 27 heavy (non-hydrogen) atoms. The van der Waals surface area contributed by atoms with Gasteiger partial charge >= 0.3 is 5.97 Å². The predicted molar refractivity (Wildman–Crippen MR) is 92.2 cm³/mol. The molecule has 2 rings (SSSR count). The topological polar surface area (TPSA) is 136 Å². The first-order valence-corrected chi connectivity index (χ1v) is 9.14. The van der Waals surface area contributed by atoms with E-state index in [4.69, 9.17) is 5.11 Å². The molecule has 0 aromatic carbocycles. The van der Waals surface area contributed by atoms with Gasteiger partial charge in [0, 0.05) is 19.5 Å². The Morgan fingerprint density at radius 1 is 1.07 bits per heavy atom. The number of nitrogens with zero attached hydrogens (tertiary/aromatic N) is 2. The van der Waals surface area contributed by atoms with Gasteiger partial charge in [-0.15, -0.1) is 0 Å². The van der Waals surface area contributed by atoms with Crippen LogP contribution in [-0.2, 0) is 23.9 Å². The van der Waals surface area contributed by atoms with E-state index in [1.54, 1.807) is 0 Å². The summed E-state index contributed by atoms with van der Waals surface area (Å²) in [4.78, 5) is 52.1. The summed E-state index contributed by atoms with van der Waals surface area (Å²) in [6, 6.07) is -2.58. The van der Waals surface area contributed by atoms with Crippen molar-refractivity contribution >= 4 is 23.7 Å². The van der Waals surface area contributed by atoms with Crippen molar-refractivity contribution in [3.63, 3.8) is 0 Å². The van der Waals surface area contributed by atoms with E-state index in [-0.39, 0.29) is 24.8 Å². The van der Waals surface area contributed by atoms with E-state index in [0.29, 0.717) is 38.8 Å². The first-order valence-electron chi connectivity index (χ1n) is 9.14. The Balaban J connectivity index is 2.06. The standard InChI is InChI=1S/C17H27N3O7/c1-27-17(26)11(10-22)18-15(24)12-4-2-8-20(12)16(25)13-5-3-7-19(13)14(23)6-9-21/h11-13,21-22H,2-10H2,1H3,(H,18,24)/t11-,12-,13-/m0/s1. The van der Waals surface area contributed by atoms with Crippen LogP contribution in [0.2, 0.25) is 0 Å². The minimum absolute atomic E-state index is 0.0367. The normalized spacial score (nSPS) is 23.2. The SMILES string of the molecule is COC(=O)[C@H](CO)NC(=O)[C@@H]1CCCN1C(=O)[C@@H]1CCCN1C(=O)CCO.